The van der Waals surface area contributed by atoms with Gasteiger partial charge in [0.2, 0.25) is 0 Å². The Morgan fingerprint density at radius 1 is 1.26 bits per heavy atom. The number of anilines is 1. The number of rotatable bonds is 1. The third-order valence-corrected chi connectivity index (χ3v) is 4.87. The summed E-state index contributed by atoms with van der Waals surface area (Å²) in [5, 5.41) is 13.9. The Morgan fingerprint density at radius 2 is 2.04 bits per heavy atom. The molecule has 0 atom stereocenters. The number of aromatic nitrogens is 1. The molecule has 0 fully saturated rings. The van der Waals surface area contributed by atoms with Crippen molar-refractivity contribution < 1.29 is 9.90 Å². The maximum atomic E-state index is 12.3. The zero-order valence-corrected chi connectivity index (χ0v) is 13.5. The zero-order chi connectivity index (χ0) is 16.1. The topological polar surface area (TPSA) is 65.1 Å². The van der Waals surface area contributed by atoms with Gasteiger partial charge in [0.05, 0.1) is 17.0 Å². The summed E-state index contributed by atoms with van der Waals surface area (Å²) in [5.41, 5.74) is 5.71. The quantitative estimate of drug-likeness (QED) is 0.691. The number of halogens is 1. The molecule has 0 saturated heterocycles. The summed E-state index contributed by atoms with van der Waals surface area (Å²) in [5.74, 6) is 0.101. The minimum Gasteiger partial charge on any atom is -0.505 e. The van der Waals surface area contributed by atoms with Crippen LogP contribution in [0.15, 0.2) is 12.1 Å². The molecule has 2 heterocycles. The lowest BCUT2D eigenvalue weighted by molar-refractivity contribution is -0.110. The molecule has 4 rings (SSSR count). The van der Waals surface area contributed by atoms with E-state index in [0.717, 1.165) is 53.8 Å². The standard InChI is InChI=1S/C18H17ClN2O2/c1-9-6-10(19)7-12-13(18(23)21-16(9)12)8-15-17(22)11-4-2-3-5-14(11)20-15/h6-8,20,22H,2-5H2,1H3,(H,21,23). The average Bonchev–Trinajstić information content (AvgIpc) is 3.00. The molecule has 0 spiro atoms. The maximum Gasteiger partial charge on any atom is 0.256 e. The molecule has 0 bridgehead atoms. The molecular formula is C18H17ClN2O2. The van der Waals surface area contributed by atoms with E-state index in [0.29, 0.717) is 16.3 Å². The van der Waals surface area contributed by atoms with Gasteiger partial charge in [-0.25, -0.2) is 0 Å². The van der Waals surface area contributed by atoms with Crippen molar-refractivity contribution in [3.05, 3.63) is 45.2 Å². The molecule has 1 aromatic heterocycles. The molecule has 1 amide bonds. The van der Waals surface area contributed by atoms with Crippen LogP contribution < -0.4 is 5.32 Å². The smallest absolute Gasteiger partial charge is 0.256 e. The van der Waals surface area contributed by atoms with Gasteiger partial charge < -0.3 is 15.4 Å². The van der Waals surface area contributed by atoms with Crippen LogP contribution in [0.3, 0.4) is 0 Å². The van der Waals surface area contributed by atoms with Crippen LogP contribution in [0.25, 0.3) is 11.6 Å². The van der Waals surface area contributed by atoms with Gasteiger partial charge in [-0.2, -0.15) is 0 Å². The van der Waals surface area contributed by atoms with E-state index in [-0.39, 0.29) is 11.7 Å². The third-order valence-electron chi connectivity index (χ3n) is 4.66. The van der Waals surface area contributed by atoms with Crippen molar-refractivity contribution in [1.82, 2.24) is 4.98 Å². The minimum absolute atomic E-state index is 0.169. The molecule has 1 aliphatic carbocycles. The van der Waals surface area contributed by atoms with Crippen molar-refractivity contribution in [3.8, 4) is 5.75 Å². The van der Waals surface area contributed by atoms with Crippen molar-refractivity contribution in [2.75, 3.05) is 5.32 Å². The van der Waals surface area contributed by atoms with Gasteiger partial charge >= 0.3 is 0 Å². The minimum atomic E-state index is -0.169. The van der Waals surface area contributed by atoms with E-state index in [2.05, 4.69) is 10.3 Å². The maximum absolute atomic E-state index is 12.3. The molecule has 4 nitrogen and oxygen atoms in total. The highest BCUT2D eigenvalue weighted by Crippen LogP contribution is 2.40. The molecule has 5 heteroatoms. The summed E-state index contributed by atoms with van der Waals surface area (Å²) >= 11 is 6.13. The van der Waals surface area contributed by atoms with Gasteiger partial charge in [0, 0.05) is 21.8 Å². The van der Waals surface area contributed by atoms with Crippen molar-refractivity contribution >= 4 is 34.8 Å². The molecule has 23 heavy (non-hydrogen) atoms. The van der Waals surface area contributed by atoms with E-state index in [1.54, 1.807) is 12.1 Å². The van der Waals surface area contributed by atoms with E-state index >= 15 is 0 Å². The predicted molar refractivity (Wildman–Crippen MR) is 91.8 cm³/mol. The first-order valence-electron chi connectivity index (χ1n) is 7.81. The molecule has 0 unspecified atom stereocenters. The molecule has 0 radical (unpaired) electrons. The number of hydrogen-bond acceptors (Lipinski definition) is 2. The number of nitrogens with one attached hydrogen (secondary N) is 2. The summed E-state index contributed by atoms with van der Waals surface area (Å²) < 4.78 is 0. The first kappa shape index (κ1) is 14.4. The molecule has 1 aliphatic heterocycles. The number of amides is 1. The van der Waals surface area contributed by atoms with Crippen LogP contribution >= 0.6 is 11.6 Å². The number of carbonyl (C=O) groups is 1. The number of aromatic hydroxyl groups is 1. The van der Waals surface area contributed by atoms with E-state index < -0.39 is 0 Å². The van der Waals surface area contributed by atoms with Crippen molar-refractivity contribution in [1.29, 1.82) is 0 Å². The van der Waals surface area contributed by atoms with E-state index in [4.69, 9.17) is 11.6 Å². The highest BCUT2D eigenvalue weighted by Gasteiger charge is 2.27. The Hall–Kier alpha value is -2.20. The summed E-state index contributed by atoms with van der Waals surface area (Å²) in [6.45, 7) is 1.92. The van der Waals surface area contributed by atoms with Crippen LogP contribution in [0.4, 0.5) is 5.69 Å². The van der Waals surface area contributed by atoms with Crippen LogP contribution in [-0.2, 0) is 17.6 Å². The monoisotopic (exact) mass is 328 g/mol. The fraction of sp³-hybridized carbons (Fsp3) is 0.278. The predicted octanol–water partition coefficient (Wildman–Crippen LogP) is 4.05. The average molecular weight is 329 g/mol. The summed E-state index contributed by atoms with van der Waals surface area (Å²) in [6, 6.07) is 3.61. The summed E-state index contributed by atoms with van der Waals surface area (Å²) in [7, 11) is 0. The lowest BCUT2D eigenvalue weighted by atomic mass is 9.97. The molecule has 3 N–H and O–H groups in total. The molecule has 118 valence electrons. The molecule has 0 saturated carbocycles. The highest BCUT2D eigenvalue weighted by atomic mass is 35.5. The van der Waals surface area contributed by atoms with Gasteiger partial charge in [0.25, 0.3) is 5.91 Å². The van der Waals surface area contributed by atoms with Crippen LogP contribution in [0, 0.1) is 6.92 Å². The van der Waals surface area contributed by atoms with Gasteiger partial charge in [0.1, 0.15) is 5.75 Å². The second-order valence-electron chi connectivity index (χ2n) is 6.21. The number of aryl methyl sites for hydroxylation is 2. The number of fused-ring (bicyclic) bond motifs is 2. The lowest BCUT2D eigenvalue weighted by Gasteiger charge is -2.09. The Kier molecular flexibility index (Phi) is 3.23. The number of carbonyl (C=O) groups excluding carboxylic acids is 1. The van der Waals surface area contributed by atoms with Gasteiger partial charge in [0.15, 0.2) is 0 Å². The van der Waals surface area contributed by atoms with Crippen molar-refractivity contribution in [3.63, 3.8) is 0 Å². The molecule has 2 aliphatic rings. The highest BCUT2D eigenvalue weighted by molar-refractivity contribution is 6.37. The van der Waals surface area contributed by atoms with Gasteiger partial charge in [-0.1, -0.05) is 11.6 Å². The summed E-state index contributed by atoms with van der Waals surface area (Å²) in [4.78, 5) is 15.6. The Balaban J connectivity index is 1.85. The Morgan fingerprint density at radius 3 is 2.83 bits per heavy atom. The Bertz CT molecular complexity index is 864. The zero-order valence-electron chi connectivity index (χ0n) is 12.8. The normalized spacial score (nSPS) is 18.0. The molecule has 1 aromatic carbocycles. The fourth-order valence-corrected chi connectivity index (χ4v) is 3.78. The number of benzene rings is 1. The van der Waals surface area contributed by atoms with Crippen LogP contribution in [-0.4, -0.2) is 16.0 Å². The van der Waals surface area contributed by atoms with Crippen LogP contribution in [0.2, 0.25) is 5.02 Å². The van der Waals surface area contributed by atoms with Crippen LogP contribution in [0.1, 0.15) is 40.9 Å². The second-order valence-corrected chi connectivity index (χ2v) is 6.65. The largest absolute Gasteiger partial charge is 0.505 e. The number of aromatic amines is 1. The van der Waals surface area contributed by atoms with Gasteiger partial charge in [-0.05, 0) is 56.4 Å². The molecule has 2 aromatic rings. The first-order valence-corrected chi connectivity index (χ1v) is 8.18. The van der Waals surface area contributed by atoms with Crippen LogP contribution in [0.5, 0.6) is 5.75 Å². The first-order chi connectivity index (χ1) is 11.0. The van der Waals surface area contributed by atoms with E-state index in [1.165, 1.54) is 0 Å². The fourth-order valence-electron chi connectivity index (χ4n) is 3.51. The summed E-state index contributed by atoms with van der Waals surface area (Å²) in [6.07, 6.45) is 5.77. The van der Waals surface area contributed by atoms with Crippen molar-refractivity contribution in [2.45, 2.75) is 32.6 Å². The SMILES string of the molecule is Cc1cc(Cl)cc2c1NC(=O)C2=Cc1[nH]c2c(c1O)CCCC2. The Labute approximate surface area is 139 Å². The van der Waals surface area contributed by atoms with Gasteiger partial charge in [-0.3, -0.25) is 4.79 Å². The van der Waals surface area contributed by atoms with Crippen molar-refractivity contribution in [2.24, 2.45) is 0 Å². The number of hydrogen-bond donors (Lipinski definition) is 3. The van der Waals surface area contributed by atoms with E-state index in [9.17, 15) is 9.90 Å². The third kappa shape index (κ3) is 2.25. The molecular weight excluding hydrogens is 312 g/mol. The number of H-pyrrole nitrogens is 1. The second kappa shape index (κ2) is 5.17. The van der Waals surface area contributed by atoms with E-state index in [1.807, 2.05) is 13.0 Å². The lowest BCUT2D eigenvalue weighted by Crippen LogP contribution is -2.04. The van der Waals surface area contributed by atoms with Gasteiger partial charge in [-0.15, -0.1) is 0 Å².